The maximum absolute atomic E-state index is 13.4. The second-order valence-electron chi connectivity index (χ2n) is 4.33. The van der Waals surface area contributed by atoms with Gasteiger partial charge in [0.25, 0.3) is 5.91 Å². The van der Waals surface area contributed by atoms with Crippen LogP contribution in [0.25, 0.3) is 0 Å². The maximum atomic E-state index is 13.4. The molecule has 0 bridgehead atoms. The van der Waals surface area contributed by atoms with E-state index in [4.69, 9.17) is 4.42 Å². The second-order valence-corrected chi connectivity index (χ2v) is 4.33. The van der Waals surface area contributed by atoms with Crippen molar-refractivity contribution in [2.75, 3.05) is 0 Å². The molecule has 19 heavy (non-hydrogen) atoms. The van der Waals surface area contributed by atoms with Crippen molar-refractivity contribution in [1.82, 2.24) is 5.32 Å². The molecule has 0 aliphatic carbocycles. The van der Waals surface area contributed by atoms with Gasteiger partial charge < -0.3 is 9.73 Å². The van der Waals surface area contributed by atoms with E-state index < -0.39 is 17.5 Å². The van der Waals surface area contributed by atoms with Crippen molar-refractivity contribution in [2.24, 2.45) is 0 Å². The zero-order chi connectivity index (χ0) is 13.8. The van der Waals surface area contributed by atoms with Crippen molar-refractivity contribution in [1.29, 1.82) is 0 Å². The fourth-order valence-electron chi connectivity index (χ4n) is 1.79. The molecule has 5 heteroatoms. The monoisotopic (exact) mass is 265 g/mol. The zero-order valence-electron chi connectivity index (χ0n) is 10.3. The molecular weight excluding hydrogens is 252 g/mol. The zero-order valence-corrected chi connectivity index (χ0v) is 10.3. The summed E-state index contributed by atoms with van der Waals surface area (Å²) in [5.41, 5.74) is 0.771. The van der Waals surface area contributed by atoms with Crippen molar-refractivity contribution in [3.8, 4) is 0 Å². The van der Waals surface area contributed by atoms with Crippen LogP contribution in [0.15, 0.2) is 41.2 Å². The Morgan fingerprint density at radius 2 is 2.16 bits per heavy atom. The Labute approximate surface area is 109 Å². The van der Waals surface area contributed by atoms with Crippen LogP contribution in [0.5, 0.6) is 0 Å². The van der Waals surface area contributed by atoms with Crippen molar-refractivity contribution in [3.63, 3.8) is 0 Å². The van der Waals surface area contributed by atoms with E-state index in [0.29, 0.717) is 12.5 Å². The number of nitrogens with one attached hydrogen (secondary N) is 1. The number of hydrogen-bond acceptors (Lipinski definition) is 2. The molecule has 1 atom stereocenters. The minimum atomic E-state index is -0.868. The fraction of sp³-hybridized carbons (Fsp3) is 0.214. The first kappa shape index (κ1) is 13.3. The van der Waals surface area contributed by atoms with Gasteiger partial charge in [0.15, 0.2) is 0 Å². The largest absolute Gasteiger partial charge is 0.472 e. The van der Waals surface area contributed by atoms with Crippen LogP contribution in [0.3, 0.4) is 0 Å². The summed E-state index contributed by atoms with van der Waals surface area (Å²) < 4.78 is 31.1. The summed E-state index contributed by atoms with van der Waals surface area (Å²) in [5, 5.41) is 2.65. The third kappa shape index (κ3) is 3.40. The summed E-state index contributed by atoms with van der Waals surface area (Å²) in [6, 6.07) is 4.48. The number of hydrogen-bond donors (Lipinski definition) is 1. The summed E-state index contributed by atoms with van der Waals surface area (Å²) in [5.74, 6) is -2.14. The molecule has 0 saturated carbocycles. The summed E-state index contributed by atoms with van der Waals surface area (Å²) >= 11 is 0. The molecule has 0 aliphatic rings. The van der Waals surface area contributed by atoms with Crippen LogP contribution in [-0.2, 0) is 6.42 Å². The topological polar surface area (TPSA) is 42.2 Å². The first-order chi connectivity index (χ1) is 9.06. The summed E-state index contributed by atoms with van der Waals surface area (Å²) in [6.45, 7) is 1.80. The average Bonchev–Trinajstić information content (AvgIpc) is 2.81. The van der Waals surface area contributed by atoms with Gasteiger partial charge in [0, 0.05) is 12.1 Å². The van der Waals surface area contributed by atoms with Crippen molar-refractivity contribution in [3.05, 3.63) is 59.6 Å². The highest BCUT2D eigenvalue weighted by molar-refractivity contribution is 5.94. The molecular formula is C14H13F2NO2. The molecule has 1 heterocycles. The van der Waals surface area contributed by atoms with Crippen LogP contribution in [0, 0.1) is 11.6 Å². The average molecular weight is 265 g/mol. The van der Waals surface area contributed by atoms with E-state index >= 15 is 0 Å². The van der Waals surface area contributed by atoms with E-state index in [9.17, 15) is 13.6 Å². The van der Waals surface area contributed by atoms with Crippen LogP contribution < -0.4 is 5.32 Å². The van der Waals surface area contributed by atoms with Gasteiger partial charge in [-0.2, -0.15) is 0 Å². The minimum Gasteiger partial charge on any atom is -0.472 e. The molecule has 0 aliphatic heterocycles. The van der Waals surface area contributed by atoms with Crippen molar-refractivity contribution < 1.29 is 18.0 Å². The normalized spacial score (nSPS) is 12.2. The van der Waals surface area contributed by atoms with E-state index in [2.05, 4.69) is 5.32 Å². The molecule has 1 N–H and O–H groups in total. The Kier molecular flexibility index (Phi) is 3.94. The Bertz CT molecular complexity index is 567. The van der Waals surface area contributed by atoms with Crippen molar-refractivity contribution >= 4 is 5.91 Å². The third-order valence-electron chi connectivity index (χ3n) is 2.68. The molecule has 1 amide bonds. The van der Waals surface area contributed by atoms with E-state index in [1.807, 2.05) is 0 Å². The van der Waals surface area contributed by atoms with E-state index in [-0.39, 0.29) is 11.6 Å². The highest BCUT2D eigenvalue weighted by Gasteiger charge is 2.15. The van der Waals surface area contributed by atoms with Gasteiger partial charge >= 0.3 is 0 Å². The SMILES string of the molecule is CC(Cc1ccoc1)NC(=O)c1ccc(F)cc1F. The molecule has 2 rings (SSSR count). The standard InChI is InChI=1S/C14H13F2NO2/c1-9(6-10-4-5-19-8-10)17-14(18)12-3-2-11(15)7-13(12)16/h2-5,7-9H,6H2,1H3,(H,17,18). The third-order valence-corrected chi connectivity index (χ3v) is 2.68. The van der Waals surface area contributed by atoms with Crippen LogP contribution >= 0.6 is 0 Å². The predicted octanol–water partition coefficient (Wildman–Crippen LogP) is 2.92. The van der Waals surface area contributed by atoms with Crippen LogP contribution in [0.4, 0.5) is 8.78 Å². The number of rotatable bonds is 4. The smallest absolute Gasteiger partial charge is 0.254 e. The van der Waals surface area contributed by atoms with Gasteiger partial charge in [-0.15, -0.1) is 0 Å². The molecule has 0 saturated heterocycles. The lowest BCUT2D eigenvalue weighted by atomic mass is 10.1. The molecule has 1 unspecified atom stereocenters. The number of carbonyl (C=O) groups excluding carboxylic acids is 1. The van der Waals surface area contributed by atoms with Gasteiger partial charge in [-0.25, -0.2) is 8.78 Å². The predicted molar refractivity (Wildman–Crippen MR) is 65.7 cm³/mol. The van der Waals surface area contributed by atoms with Gasteiger partial charge in [0.2, 0.25) is 0 Å². The van der Waals surface area contributed by atoms with Crippen LogP contribution in [0.1, 0.15) is 22.8 Å². The molecule has 0 radical (unpaired) electrons. The van der Waals surface area contributed by atoms with Gasteiger partial charge in [0.05, 0.1) is 18.1 Å². The first-order valence-corrected chi connectivity index (χ1v) is 5.83. The van der Waals surface area contributed by atoms with Gasteiger partial charge in [-0.3, -0.25) is 4.79 Å². The summed E-state index contributed by atoms with van der Waals surface area (Å²) in [6.07, 6.45) is 3.70. The number of amides is 1. The lowest BCUT2D eigenvalue weighted by molar-refractivity contribution is 0.0936. The number of furan rings is 1. The molecule has 1 aromatic carbocycles. The Balaban J connectivity index is 2.00. The van der Waals surface area contributed by atoms with E-state index in [1.54, 1.807) is 25.5 Å². The molecule has 2 aromatic rings. The van der Waals surface area contributed by atoms with E-state index in [0.717, 1.165) is 17.7 Å². The maximum Gasteiger partial charge on any atom is 0.254 e. The van der Waals surface area contributed by atoms with Gasteiger partial charge in [-0.1, -0.05) is 0 Å². The Hall–Kier alpha value is -2.17. The number of benzene rings is 1. The van der Waals surface area contributed by atoms with Gasteiger partial charge in [-0.05, 0) is 37.1 Å². The molecule has 3 nitrogen and oxygen atoms in total. The number of carbonyl (C=O) groups is 1. The Morgan fingerprint density at radius 1 is 1.37 bits per heavy atom. The number of halogens is 2. The van der Waals surface area contributed by atoms with Crippen LogP contribution in [0.2, 0.25) is 0 Å². The lowest BCUT2D eigenvalue weighted by Crippen LogP contribution is -2.34. The second kappa shape index (κ2) is 5.65. The van der Waals surface area contributed by atoms with Gasteiger partial charge in [0.1, 0.15) is 11.6 Å². The first-order valence-electron chi connectivity index (χ1n) is 5.83. The van der Waals surface area contributed by atoms with E-state index in [1.165, 1.54) is 0 Å². The molecule has 0 spiro atoms. The van der Waals surface area contributed by atoms with Crippen molar-refractivity contribution in [2.45, 2.75) is 19.4 Å². The highest BCUT2D eigenvalue weighted by Crippen LogP contribution is 2.10. The lowest BCUT2D eigenvalue weighted by Gasteiger charge is -2.13. The minimum absolute atomic E-state index is 0.166. The molecule has 1 aromatic heterocycles. The highest BCUT2D eigenvalue weighted by atomic mass is 19.1. The quantitative estimate of drug-likeness (QED) is 0.923. The fourth-order valence-corrected chi connectivity index (χ4v) is 1.79. The summed E-state index contributed by atoms with van der Waals surface area (Å²) in [7, 11) is 0. The Morgan fingerprint density at radius 3 is 2.79 bits per heavy atom. The van der Waals surface area contributed by atoms with Crippen LogP contribution in [-0.4, -0.2) is 11.9 Å². The molecule has 100 valence electrons. The summed E-state index contributed by atoms with van der Waals surface area (Å²) in [4.78, 5) is 11.8. The molecule has 0 fully saturated rings.